The minimum Gasteiger partial charge on any atom is -0.267 e. The number of nitriles is 1. The largest absolute Gasteiger partial charge is 0.282 e. The van der Waals surface area contributed by atoms with Gasteiger partial charge in [-0.05, 0) is 36.3 Å². The van der Waals surface area contributed by atoms with Crippen LogP contribution in [0.1, 0.15) is 22.4 Å². The molecule has 1 aromatic carbocycles. The fourth-order valence-corrected chi connectivity index (χ4v) is 1.86. The summed E-state index contributed by atoms with van der Waals surface area (Å²) in [5.41, 5.74) is 1.82. The van der Waals surface area contributed by atoms with Crippen LogP contribution in [0, 0.1) is 18.3 Å². The molecule has 0 unspecified atom stereocenters. The Bertz CT molecular complexity index is 724. The van der Waals surface area contributed by atoms with Crippen LogP contribution in [0.4, 0.5) is 0 Å². The summed E-state index contributed by atoms with van der Waals surface area (Å²) in [6.07, 6.45) is 3.65. The number of H-pyrrole nitrogens is 1. The Morgan fingerprint density at radius 3 is 2.63 bits per heavy atom. The highest BCUT2D eigenvalue weighted by Gasteiger charge is 2.07. The molecule has 0 fully saturated rings. The topological polar surface area (TPSA) is 69.5 Å². The highest BCUT2D eigenvalue weighted by atomic mass is 79.9. The molecule has 0 amide bonds. The van der Waals surface area contributed by atoms with E-state index in [9.17, 15) is 4.79 Å². The number of nitrogens with zero attached hydrogens (tertiary/aromatic N) is 2. The van der Waals surface area contributed by atoms with Gasteiger partial charge in [0.25, 0.3) is 5.56 Å². The molecule has 0 bridgehead atoms. The first-order valence-electron chi connectivity index (χ1n) is 5.55. The van der Waals surface area contributed by atoms with Gasteiger partial charge in [0.05, 0.1) is 5.69 Å². The van der Waals surface area contributed by atoms with E-state index < -0.39 is 5.56 Å². The van der Waals surface area contributed by atoms with Gasteiger partial charge in [-0.3, -0.25) is 4.79 Å². The molecule has 0 atom stereocenters. The molecular formula is C14H10BrN3O. The Kier molecular flexibility index (Phi) is 3.93. The maximum atomic E-state index is 11.4. The average molecular weight is 316 g/mol. The van der Waals surface area contributed by atoms with Gasteiger partial charge in [-0.1, -0.05) is 34.1 Å². The van der Waals surface area contributed by atoms with Gasteiger partial charge in [0.15, 0.2) is 0 Å². The van der Waals surface area contributed by atoms with Gasteiger partial charge >= 0.3 is 0 Å². The fourth-order valence-electron chi connectivity index (χ4n) is 1.60. The summed E-state index contributed by atoms with van der Waals surface area (Å²) in [5, 5.41) is 15.2. The summed E-state index contributed by atoms with van der Waals surface area (Å²) < 4.78 is 1.01. The first-order valence-corrected chi connectivity index (χ1v) is 6.34. The van der Waals surface area contributed by atoms with Crippen LogP contribution in [-0.2, 0) is 0 Å². The molecule has 0 aliphatic carbocycles. The Labute approximate surface area is 118 Å². The fraction of sp³-hybridized carbons (Fsp3) is 0.0714. The first-order chi connectivity index (χ1) is 9.11. The van der Waals surface area contributed by atoms with Gasteiger partial charge < -0.3 is 0 Å². The van der Waals surface area contributed by atoms with E-state index in [2.05, 4.69) is 26.1 Å². The molecule has 2 aromatic rings. The van der Waals surface area contributed by atoms with Gasteiger partial charge in [0, 0.05) is 4.47 Å². The standard InChI is InChI=1S/C14H10BrN3O/c1-9-12(8-16)14(19)18-17-13(9)7-4-10-2-5-11(15)6-3-10/h2-7H,1H3,(H,18,19)/b7-4+. The lowest BCUT2D eigenvalue weighted by molar-refractivity contribution is 0.952. The number of aromatic amines is 1. The minimum atomic E-state index is -0.458. The predicted octanol–water partition coefficient (Wildman–Crippen LogP) is 2.88. The van der Waals surface area contributed by atoms with Gasteiger partial charge in [0.2, 0.25) is 0 Å². The smallest absolute Gasteiger partial charge is 0.267 e. The van der Waals surface area contributed by atoms with Crippen molar-refractivity contribution in [1.29, 1.82) is 5.26 Å². The molecule has 5 heteroatoms. The third-order valence-electron chi connectivity index (χ3n) is 2.68. The highest BCUT2D eigenvalue weighted by molar-refractivity contribution is 9.10. The average Bonchev–Trinajstić information content (AvgIpc) is 2.40. The first kappa shape index (κ1) is 13.2. The maximum Gasteiger partial charge on any atom is 0.282 e. The van der Waals surface area contributed by atoms with E-state index in [1.165, 1.54) is 0 Å². The molecule has 19 heavy (non-hydrogen) atoms. The molecule has 0 radical (unpaired) electrons. The number of rotatable bonds is 2. The molecule has 0 aliphatic rings. The van der Waals surface area contributed by atoms with Gasteiger partial charge in [0.1, 0.15) is 11.6 Å². The van der Waals surface area contributed by atoms with E-state index in [1.807, 2.05) is 36.4 Å². The van der Waals surface area contributed by atoms with E-state index >= 15 is 0 Å². The summed E-state index contributed by atoms with van der Waals surface area (Å²) >= 11 is 3.37. The van der Waals surface area contributed by atoms with Crippen LogP contribution in [0.15, 0.2) is 33.5 Å². The van der Waals surface area contributed by atoms with E-state index in [0.717, 1.165) is 10.0 Å². The summed E-state index contributed by atoms with van der Waals surface area (Å²) in [5.74, 6) is 0. The van der Waals surface area contributed by atoms with Crippen molar-refractivity contribution in [3.63, 3.8) is 0 Å². The molecule has 4 nitrogen and oxygen atoms in total. The number of hydrogen-bond donors (Lipinski definition) is 1. The molecule has 94 valence electrons. The predicted molar refractivity (Wildman–Crippen MR) is 77.4 cm³/mol. The second-order valence-electron chi connectivity index (χ2n) is 3.93. The number of nitrogens with one attached hydrogen (secondary N) is 1. The van der Waals surface area contributed by atoms with Gasteiger partial charge in [-0.15, -0.1) is 0 Å². The highest BCUT2D eigenvalue weighted by Crippen LogP contribution is 2.14. The van der Waals surface area contributed by atoms with Crippen LogP contribution in [0.3, 0.4) is 0 Å². The normalized spacial score (nSPS) is 10.6. The molecule has 0 spiro atoms. The molecule has 1 aromatic heterocycles. The summed E-state index contributed by atoms with van der Waals surface area (Å²) in [6.45, 7) is 1.71. The van der Waals surface area contributed by atoms with Crippen molar-refractivity contribution >= 4 is 28.1 Å². The Morgan fingerprint density at radius 1 is 1.32 bits per heavy atom. The summed E-state index contributed by atoms with van der Waals surface area (Å²) in [7, 11) is 0. The molecule has 0 aliphatic heterocycles. The third kappa shape index (κ3) is 2.98. The van der Waals surface area contributed by atoms with E-state index in [4.69, 9.17) is 5.26 Å². The molecule has 1 N–H and O–H groups in total. The lowest BCUT2D eigenvalue weighted by Crippen LogP contribution is -2.15. The van der Waals surface area contributed by atoms with Gasteiger partial charge in [-0.25, -0.2) is 5.10 Å². The Morgan fingerprint density at radius 2 is 2.00 bits per heavy atom. The molecule has 2 rings (SSSR count). The van der Waals surface area contributed by atoms with Crippen LogP contribution < -0.4 is 5.56 Å². The Hall–Kier alpha value is -2.19. The number of aromatic nitrogens is 2. The zero-order valence-corrected chi connectivity index (χ0v) is 11.7. The van der Waals surface area contributed by atoms with Gasteiger partial charge in [-0.2, -0.15) is 10.4 Å². The molecule has 1 heterocycles. The summed E-state index contributed by atoms with van der Waals surface area (Å²) in [4.78, 5) is 11.4. The molecular weight excluding hydrogens is 306 g/mol. The minimum absolute atomic E-state index is 0.102. The second-order valence-corrected chi connectivity index (χ2v) is 4.85. The zero-order valence-electron chi connectivity index (χ0n) is 10.1. The number of hydrogen-bond acceptors (Lipinski definition) is 3. The molecule has 0 saturated carbocycles. The quantitative estimate of drug-likeness (QED) is 0.926. The van der Waals surface area contributed by atoms with Crippen molar-refractivity contribution < 1.29 is 0 Å². The van der Waals surface area contributed by atoms with Crippen LogP contribution in [0.5, 0.6) is 0 Å². The van der Waals surface area contributed by atoms with Crippen molar-refractivity contribution in [2.45, 2.75) is 6.92 Å². The van der Waals surface area contributed by atoms with Crippen molar-refractivity contribution in [1.82, 2.24) is 10.2 Å². The van der Waals surface area contributed by atoms with Crippen LogP contribution >= 0.6 is 15.9 Å². The maximum absolute atomic E-state index is 11.4. The van der Waals surface area contributed by atoms with Crippen molar-refractivity contribution in [3.05, 3.63) is 61.5 Å². The lowest BCUT2D eigenvalue weighted by atomic mass is 10.1. The van der Waals surface area contributed by atoms with E-state index in [0.29, 0.717) is 11.3 Å². The monoisotopic (exact) mass is 315 g/mol. The SMILES string of the molecule is Cc1c(/C=C/c2ccc(Br)cc2)n[nH]c(=O)c1C#N. The van der Waals surface area contributed by atoms with Crippen molar-refractivity contribution in [2.75, 3.05) is 0 Å². The Balaban J connectivity index is 2.37. The van der Waals surface area contributed by atoms with Crippen molar-refractivity contribution in [2.24, 2.45) is 0 Å². The summed E-state index contributed by atoms with van der Waals surface area (Å²) in [6, 6.07) is 9.66. The van der Waals surface area contributed by atoms with E-state index in [-0.39, 0.29) is 5.56 Å². The number of benzene rings is 1. The van der Waals surface area contributed by atoms with Crippen molar-refractivity contribution in [3.8, 4) is 6.07 Å². The van der Waals surface area contributed by atoms with Crippen LogP contribution in [0.25, 0.3) is 12.2 Å². The van der Waals surface area contributed by atoms with Crippen LogP contribution in [-0.4, -0.2) is 10.2 Å². The zero-order chi connectivity index (χ0) is 13.8. The lowest BCUT2D eigenvalue weighted by Gasteiger charge is -2.00. The second kappa shape index (κ2) is 5.63. The van der Waals surface area contributed by atoms with E-state index in [1.54, 1.807) is 13.0 Å². The number of halogens is 1. The third-order valence-corrected chi connectivity index (χ3v) is 3.21. The molecule has 0 saturated heterocycles. The van der Waals surface area contributed by atoms with Crippen LogP contribution in [0.2, 0.25) is 0 Å².